The van der Waals surface area contributed by atoms with Gasteiger partial charge in [-0.25, -0.2) is 0 Å². The van der Waals surface area contributed by atoms with E-state index in [0.717, 1.165) is 35.2 Å². The predicted molar refractivity (Wildman–Crippen MR) is 52.9 cm³/mol. The lowest BCUT2D eigenvalue weighted by Gasteiger charge is -1.97. The number of ketones is 1. The second kappa shape index (κ2) is 3.38. The Morgan fingerprint density at radius 2 is 2.54 bits per heavy atom. The minimum atomic E-state index is 0.100. The van der Waals surface area contributed by atoms with Crippen LogP contribution in [0.15, 0.2) is 6.07 Å². The molecule has 1 aromatic rings. The van der Waals surface area contributed by atoms with Crippen LogP contribution in [0.3, 0.4) is 0 Å². The van der Waals surface area contributed by atoms with Crippen LogP contribution in [0.1, 0.15) is 23.0 Å². The van der Waals surface area contributed by atoms with E-state index in [1.54, 1.807) is 6.92 Å². The Hall–Kier alpha value is -1.03. The monoisotopic (exact) mass is 197 g/mol. The molecule has 4 heteroatoms. The van der Waals surface area contributed by atoms with Crippen LogP contribution in [-0.2, 0) is 0 Å². The SMILES string of the molecule is CC(=O)c1cc2c(s1)OCCCN2. The number of anilines is 1. The lowest BCUT2D eigenvalue weighted by Crippen LogP contribution is -2.00. The summed E-state index contributed by atoms with van der Waals surface area (Å²) < 4.78 is 5.48. The van der Waals surface area contributed by atoms with Crippen LogP contribution in [0.25, 0.3) is 0 Å². The van der Waals surface area contributed by atoms with Crippen molar-refractivity contribution in [2.45, 2.75) is 13.3 Å². The first-order valence-electron chi connectivity index (χ1n) is 4.29. The number of Topliss-reactive ketones (excluding diaryl/α,β-unsaturated/α-hetero) is 1. The van der Waals surface area contributed by atoms with Gasteiger partial charge < -0.3 is 10.1 Å². The van der Waals surface area contributed by atoms with E-state index in [4.69, 9.17) is 4.74 Å². The van der Waals surface area contributed by atoms with Gasteiger partial charge in [-0.3, -0.25) is 4.79 Å². The van der Waals surface area contributed by atoms with Crippen LogP contribution >= 0.6 is 11.3 Å². The highest BCUT2D eigenvalue weighted by atomic mass is 32.1. The van der Waals surface area contributed by atoms with Gasteiger partial charge in [0, 0.05) is 6.54 Å². The molecule has 2 heterocycles. The maximum absolute atomic E-state index is 11.1. The first-order valence-corrected chi connectivity index (χ1v) is 5.10. The van der Waals surface area contributed by atoms with Crippen LogP contribution in [0.5, 0.6) is 5.06 Å². The molecular formula is C9H11NO2S. The topological polar surface area (TPSA) is 38.3 Å². The number of nitrogens with one attached hydrogen (secondary N) is 1. The summed E-state index contributed by atoms with van der Waals surface area (Å²) >= 11 is 1.42. The second-order valence-corrected chi connectivity index (χ2v) is 4.01. The molecule has 1 aliphatic rings. The molecule has 0 fully saturated rings. The van der Waals surface area contributed by atoms with Crippen molar-refractivity contribution in [1.82, 2.24) is 0 Å². The molecule has 0 bridgehead atoms. The highest BCUT2D eigenvalue weighted by molar-refractivity contribution is 7.16. The average molecular weight is 197 g/mol. The maximum Gasteiger partial charge on any atom is 0.198 e. The van der Waals surface area contributed by atoms with Crippen LogP contribution in [-0.4, -0.2) is 18.9 Å². The summed E-state index contributed by atoms with van der Waals surface area (Å²) in [4.78, 5) is 11.8. The molecule has 0 radical (unpaired) electrons. The number of fused-ring (bicyclic) bond motifs is 1. The van der Waals surface area contributed by atoms with Crippen LogP contribution in [0.2, 0.25) is 0 Å². The molecule has 0 atom stereocenters. The van der Waals surface area contributed by atoms with E-state index in [0.29, 0.717) is 0 Å². The molecule has 0 aliphatic carbocycles. The smallest absolute Gasteiger partial charge is 0.198 e. The molecule has 3 nitrogen and oxygen atoms in total. The summed E-state index contributed by atoms with van der Waals surface area (Å²) in [6.45, 7) is 3.23. The van der Waals surface area contributed by atoms with Gasteiger partial charge in [0.1, 0.15) is 0 Å². The number of carbonyl (C=O) groups is 1. The number of carbonyl (C=O) groups excluding carboxylic acids is 1. The molecule has 13 heavy (non-hydrogen) atoms. The van der Waals surface area contributed by atoms with E-state index < -0.39 is 0 Å². The summed E-state index contributed by atoms with van der Waals surface area (Å²) in [6.07, 6.45) is 1.01. The Bertz CT molecular complexity index is 309. The number of hydrogen-bond donors (Lipinski definition) is 1. The quantitative estimate of drug-likeness (QED) is 0.701. The summed E-state index contributed by atoms with van der Waals surface area (Å²) in [5.74, 6) is 0.100. The fraction of sp³-hybridized carbons (Fsp3) is 0.444. The molecule has 0 saturated heterocycles. The first kappa shape index (κ1) is 8.56. The summed E-state index contributed by atoms with van der Waals surface area (Å²) in [5.41, 5.74) is 0.965. The highest BCUT2D eigenvalue weighted by Gasteiger charge is 2.14. The lowest BCUT2D eigenvalue weighted by atomic mass is 10.3. The Balaban J connectivity index is 2.32. The molecule has 0 aromatic carbocycles. The molecule has 2 rings (SSSR count). The molecule has 0 spiro atoms. The van der Waals surface area contributed by atoms with Gasteiger partial charge in [-0.1, -0.05) is 11.3 Å². The van der Waals surface area contributed by atoms with Crippen molar-refractivity contribution in [1.29, 1.82) is 0 Å². The molecule has 1 N–H and O–H groups in total. The van der Waals surface area contributed by atoms with Crippen LogP contribution < -0.4 is 10.1 Å². The Morgan fingerprint density at radius 1 is 1.69 bits per heavy atom. The van der Waals surface area contributed by atoms with Crippen LogP contribution in [0, 0.1) is 0 Å². The third kappa shape index (κ3) is 1.67. The van der Waals surface area contributed by atoms with Crippen molar-refractivity contribution >= 4 is 22.8 Å². The van der Waals surface area contributed by atoms with Gasteiger partial charge in [-0.05, 0) is 19.4 Å². The van der Waals surface area contributed by atoms with Gasteiger partial charge in [-0.15, -0.1) is 0 Å². The van der Waals surface area contributed by atoms with Crippen molar-refractivity contribution in [3.05, 3.63) is 10.9 Å². The van der Waals surface area contributed by atoms with E-state index in [9.17, 15) is 4.79 Å². The normalized spacial score (nSPS) is 15.2. The van der Waals surface area contributed by atoms with Gasteiger partial charge in [0.25, 0.3) is 0 Å². The molecule has 70 valence electrons. The van der Waals surface area contributed by atoms with Crippen molar-refractivity contribution in [3.8, 4) is 5.06 Å². The van der Waals surface area contributed by atoms with Crippen molar-refractivity contribution in [3.63, 3.8) is 0 Å². The summed E-state index contributed by atoms with van der Waals surface area (Å²) in [6, 6.07) is 1.87. The Labute approximate surface area is 80.7 Å². The number of ether oxygens (including phenoxy) is 1. The van der Waals surface area contributed by atoms with Gasteiger partial charge in [0.05, 0.1) is 17.2 Å². The molecule has 0 unspecified atom stereocenters. The number of hydrogen-bond acceptors (Lipinski definition) is 4. The summed E-state index contributed by atoms with van der Waals surface area (Å²) in [7, 11) is 0. The molecular weight excluding hydrogens is 186 g/mol. The fourth-order valence-electron chi connectivity index (χ4n) is 1.24. The third-order valence-corrected chi connectivity index (χ3v) is 3.06. The largest absolute Gasteiger partial charge is 0.482 e. The molecule has 1 aromatic heterocycles. The third-order valence-electron chi connectivity index (χ3n) is 1.91. The van der Waals surface area contributed by atoms with Gasteiger partial charge in [0.15, 0.2) is 10.8 Å². The van der Waals surface area contributed by atoms with Crippen LogP contribution in [0.4, 0.5) is 5.69 Å². The second-order valence-electron chi connectivity index (χ2n) is 3.00. The first-order chi connectivity index (χ1) is 6.27. The highest BCUT2D eigenvalue weighted by Crippen LogP contribution is 2.36. The van der Waals surface area contributed by atoms with E-state index in [2.05, 4.69) is 5.32 Å². The predicted octanol–water partition coefficient (Wildman–Crippen LogP) is 2.15. The maximum atomic E-state index is 11.1. The van der Waals surface area contributed by atoms with Crippen molar-refractivity contribution < 1.29 is 9.53 Å². The zero-order valence-corrected chi connectivity index (χ0v) is 8.24. The lowest BCUT2D eigenvalue weighted by molar-refractivity contribution is 0.102. The van der Waals surface area contributed by atoms with E-state index >= 15 is 0 Å². The fourth-order valence-corrected chi connectivity index (χ4v) is 2.14. The van der Waals surface area contributed by atoms with Gasteiger partial charge in [0.2, 0.25) is 0 Å². The average Bonchev–Trinajstić information content (AvgIpc) is 2.38. The number of rotatable bonds is 1. The Morgan fingerprint density at radius 3 is 3.31 bits per heavy atom. The minimum Gasteiger partial charge on any atom is -0.482 e. The molecule has 0 saturated carbocycles. The Kier molecular flexibility index (Phi) is 2.22. The van der Waals surface area contributed by atoms with Crippen molar-refractivity contribution in [2.24, 2.45) is 0 Å². The van der Waals surface area contributed by atoms with Gasteiger partial charge in [-0.2, -0.15) is 0 Å². The standard InChI is InChI=1S/C9H11NO2S/c1-6(11)8-5-7-9(13-8)12-4-2-3-10-7/h5,10H,2-4H2,1H3. The van der Waals surface area contributed by atoms with Gasteiger partial charge >= 0.3 is 0 Å². The zero-order valence-electron chi connectivity index (χ0n) is 7.42. The van der Waals surface area contributed by atoms with E-state index in [1.165, 1.54) is 11.3 Å². The summed E-state index contributed by atoms with van der Waals surface area (Å²) in [5, 5.41) is 4.08. The van der Waals surface area contributed by atoms with E-state index in [1.807, 2.05) is 6.07 Å². The van der Waals surface area contributed by atoms with Crippen molar-refractivity contribution in [2.75, 3.05) is 18.5 Å². The zero-order chi connectivity index (χ0) is 9.26. The minimum absolute atomic E-state index is 0.100. The van der Waals surface area contributed by atoms with E-state index in [-0.39, 0.29) is 5.78 Å². The molecule has 0 amide bonds. The number of thiophene rings is 1. The molecule has 1 aliphatic heterocycles.